The zero-order chi connectivity index (χ0) is 23.0. The second kappa shape index (κ2) is 11.7. The van der Waals surface area contributed by atoms with Crippen LogP contribution in [0, 0.1) is 11.7 Å². The molecule has 3 heterocycles. The molecule has 1 aromatic carbocycles. The lowest BCUT2D eigenvalue weighted by molar-refractivity contribution is 0.277. The summed E-state index contributed by atoms with van der Waals surface area (Å²) in [6.07, 6.45) is 4.81. The van der Waals surface area contributed by atoms with Crippen LogP contribution in [0.4, 0.5) is 27.9 Å². The number of anilines is 4. The fourth-order valence-electron chi connectivity index (χ4n) is 4.40. The number of likely N-dealkylation sites (N-methyl/N-ethyl adjacent to an activating group) is 1. The van der Waals surface area contributed by atoms with Crippen LogP contribution in [0.2, 0.25) is 0 Å². The highest BCUT2D eigenvalue weighted by Gasteiger charge is 2.23. The summed E-state index contributed by atoms with van der Waals surface area (Å²) in [7, 11) is 1.45. The van der Waals surface area contributed by atoms with Crippen molar-refractivity contribution in [1.29, 1.82) is 0 Å². The molecule has 1 unspecified atom stereocenters. The monoisotopic (exact) mass is 475 g/mol. The van der Waals surface area contributed by atoms with Gasteiger partial charge in [0.15, 0.2) is 11.6 Å². The van der Waals surface area contributed by atoms with Crippen molar-refractivity contribution >= 4 is 35.3 Å². The Kier molecular flexibility index (Phi) is 8.44. The maximum absolute atomic E-state index is 14.2. The third kappa shape index (κ3) is 6.60. The number of methoxy groups -OCH3 is 1. The highest BCUT2D eigenvalue weighted by molar-refractivity contribution is 7.99. The molecule has 8 nitrogen and oxygen atoms in total. The van der Waals surface area contributed by atoms with Gasteiger partial charge in [-0.05, 0) is 68.3 Å². The summed E-state index contributed by atoms with van der Waals surface area (Å²) in [6.45, 7) is 6.01. The first-order valence-corrected chi connectivity index (χ1v) is 13.0. The Labute approximate surface area is 199 Å². The first-order chi connectivity index (χ1) is 16.1. The van der Waals surface area contributed by atoms with Crippen molar-refractivity contribution in [2.24, 2.45) is 5.92 Å². The van der Waals surface area contributed by atoms with Crippen molar-refractivity contribution in [1.82, 2.24) is 19.9 Å². The second-order valence-electron chi connectivity index (χ2n) is 8.52. The number of halogens is 1. The van der Waals surface area contributed by atoms with Gasteiger partial charge in [-0.2, -0.15) is 26.7 Å². The van der Waals surface area contributed by atoms with Gasteiger partial charge in [0.05, 0.1) is 7.11 Å². The molecule has 3 N–H and O–H groups in total. The summed E-state index contributed by atoms with van der Waals surface area (Å²) < 4.78 is 19.2. The van der Waals surface area contributed by atoms with Crippen LogP contribution in [0.5, 0.6) is 5.75 Å². The summed E-state index contributed by atoms with van der Waals surface area (Å²) in [5.74, 6) is 4.23. The van der Waals surface area contributed by atoms with Gasteiger partial charge >= 0.3 is 0 Å². The fourth-order valence-corrected chi connectivity index (χ4v) is 5.61. The van der Waals surface area contributed by atoms with Gasteiger partial charge in [-0.15, -0.1) is 0 Å². The number of nitrogens with one attached hydrogen (secondary N) is 3. The number of likely N-dealkylation sites (tertiary alicyclic amines) is 1. The van der Waals surface area contributed by atoms with Gasteiger partial charge in [0.2, 0.25) is 17.8 Å². The average molecular weight is 476 g/mol. The lowest BCUT2D eigenvalue weighted by Gasteiger charge is -2.23. The van der Waals surface area contributed by atoms with Crippen molar-refractivity contribution in [3.8, 4) is 5.75 Å². The molecule has 2 aliphatic heterocycles. The topological polar surface area (TPSA) is 87.2 Å². The molecule has 0 amide bonds. The molecule has 1 atom stereocenters. The lowest BCUT2D eigenvalue weighted by atomic mass is 10.0. The smallest absolute Gasteiger partial charge is 0.233 e. The van der Waals surface area contributed by atoms with E-state index in [9.17, 15) is 4.39 Å². The maximum atomic E-state index is 14.2. The Hall–Kier alpha value is -2.33. The predicted octanol–water partition coefficient (Wildman–Crippen LogP) is 4.21. The van der Waals surface area contributed by atoms with Crippen molar-refractivity contribution in [3.63, 3.8) is 0 Å². The molecule has 4 rings (SSSR count). The molecule has 33 heavy (non-hydrogen) atoms. The van der Waals surface area contributed by atoms with E-state index in [0.717, 1.165) is 26.2 Å². The molecule has 10 heteroatoms. The molecule has 0 spiro atoms. The molecule has 0 aliphatic carbocycles. The molecule has 2 fully saturated rings. The van der Waals surface area contributed by atoms with Crippen LogP contribution in [0.1, 0.15) is 32.6 Å². The van der Waals surface area contributed by atoms with Crippen molar-refractivity contribution < 1.29 is 9.13 Å². The zero-order valence-corrected chi connectivity index (χ0v) is 20.3. The minimum atomic E-state index is -0.440. The van der Waals surface area contributed by atoms with Gasteiger partial charge in [0.25, 0.3) is 0 Å². The van der Waals surface area contributed by atoms with Crippen LogP contribution >= 0.6 is 11.8 Å². The molecule has 1 aromatic heterocycles. The quantitative estimate of drug-likeness (QED) is 0.468. The van der Waals surface area contributed by atoms with Crippen LogP contribution in [-0.4, -0.2) is 70.7 Å². The second-order valence-corrected chi connectivity index (χ2v) is 9.75. The number of aromatic nitrogens is 3. The predicted molar refractivity (Wildman–Crippen MR) is 133 cm³/mol. The Morgan fingerprint density at radius 3 is 2.48 bits per heavy atom. The molecule has 0 bridgehead atoms. The molecule has 2 saturated heterocycles. The molecule has 0 saturated carbocycles. The third-order valence-electron chi connectivity index (χ3n) is 6.33. The minimum absolute atomic E-state index is 0.198. The van der Waals surface area contributed by atoms with Crippen LogP contribution in [-0.2, 0) is 0 Å². The van der Waals surface area contributed by atoms with Gasteiger partial charge in [-0.25, -0.2) is 4.39 Å². The molecular formula is C23H34FN7OS. The van der Waals surface area contributed by atoms with Crippen molar-refractivity contribution in [2.45, 2.75) is 38.6 Å². The molecule has 2 aromatic rings. The van der Waals surface area contributed by atoms with E-state index in [1.807, 2.05) is 11.8 Å². The fraction of sp³-hybridized carbons (Fsp3) is 0.609. The van der Waals surface area contributed by atoms with Crippen LogP contribution < -0.4 is 20.7 Å². The molecule has 2 aliphatic rings. The van der Waals surface area contributed by atoms with E-state index >= 15 is 0 Å². The zero-order valence-electron chi connectivity index (χ0n) is 19.4. The van der Waals surface area contributed by atoms with E-state index in [2.05, 4.69) is 42.7 Å². The Balaban J connectivity index is 1.48. The first kappa shape index (κ1) is 23.8. The van der Waals surface area contributed by atoms with Crippen molar-refractivity contribution in [2.75, 3.05) is 60.7 Å². The molecular weight excluding hydrogens is 441 g/mol. The third-order valence-corrected chi connectivity index (χ3v) is 7.38. The first-order valence-electron chi connectivity index (χ1n) is 11.8. The molecule has 0 radical (unpaired) electrons. The van der Waals surface area contributed by atoms with E-state index in [4.69, 9.17) is 4.74 Å². The standard InChI is InChI=1S/C23H34FN7OS/c1-3-31-10-4-5-18(31)15-26-22-28-21(25-14-16-8-11-33-12-9-16)29-23(30-22)27-17-6-7-20(32-2)19(24)13-17/h6-7,13,16,18H,3-5,8-12,14-15H2,1-2H3,(H3,25,26,27,28,29,30). The van der Waals surface area contributed by atoms with Crippen molar-refractivity contribution in [3.05, 3.63) is 24.0 Å². The number of hydrogen-bond acceptors (Lipinski definition) is 9. The average Bonchev–Trinajstić information content (AvgIpc) is 3.30. The summed E-state index contributed by atoms with van der Waals surface area (Å²) in [6, 6.07) is 5.18. The van der Waals surface area contributed by atoms with E-state index in [-0.39, 0.29) is 5.75 Å². The Bertz CT molecular complexity index is 912. The maximum Gasteiger partial charge on any atom is 0.233 e. The van der Waals surface area contributed by atoms with Crippen LogP contribution in [0.15, 0.2) is 18.2 Å². The molecule has 180 valence electrons. The van der Waals surface area contributed by atoms with Crippen LogP contribution in [0.25, 0.3) is 0 Å². The van der Waals surface area contributed by atoms with Gasteiger partial charge in [0.1, 0.15) is 0 Å². The largest absolute Gasteiger partial charge is 0.494 e. The summed E-state index contributed by atoms with van der Waals surface area (Å²) in [5.41, 5.74) is 0.550. The van der Waals surface area contributed by atoms with E-state index in [1.54, 1.807) is 12.1 Å². The Morgan fingerprint density at radius 2 is 1.79 bits per heavy atom. The van der Waals surface area contributed by atoms with Gasteiger partial charge < -0.3 is 20.7 Å². The van der Waals surface area contributed by atoms with Gasteiger partial charge in [-0.1, -0.05) is 6.92 Å². The number of thioether (sulfide) groups is 1. The summed E-state index contributed by atoms with van der Waals surface area (Å²) in [5, 5.41) is 9.92. The van der Waals surface area contributed by atoms with Gasteiger partial charge in [0, 0.05) is 30.9 Å². The highest BCUT2D eigenvalue weighted by Crippen LogP contribution is 2.25. The highest BCUT2D eigenvalue weighted by atomic mass is 32.2. The number of rotatable bonds is 10. The number of nitrogens with zero attached hydrogens (tertiary/aromatic N) is 4. The van der Waals surface area contributed by atoms with E-state index in [0.29, 0.717) is 35.5 Å². The summed E-state index contributed by atoms with van der Waals surface area (Å²) >= 11 is 2.02. The lowest BCUT2D eigenvalue weighted by Crippen LogP contribution is -2.35. The number of benzene rings is 1. The number of hydrogen-bond donors (Lipinski definition) is 3. The van der Waals surface area contributed by atoms with E-state index < -0.39 is 5.82 Å². The van der Waals surface area contributed by atoms with Crippen LogP contribution in [0.3, 0.4) is 0 Å². The normalized spacial score (nSPS) is 19.4. The summed E-state index contributed by atoms with van der Waals surface area (Å²) in [4.78, 5) is 16.2. The number of ether oxygens (including phenoxy) is 1. The Morgan fingerprint density at radius 1 is 1.06 bits per heavy atom. The minimum Gasteiger partial charge on any atom is -0.494 e. The van der Waals surface area contributed by atoms with E-state index in [1.165, 1.54) is 50.4 Å². The SMILES string of the molecule is CCN1CCCC1CNc1nc(NCC2CCSCC2)nc(Nc2ccc(OC)c(F)c2)n1. The van der Waals surface area contributed by atoms with Gasteiger partial charge in [-0.3, -0.25) is 4.90 Å².